The number of rotatable bonds is 1. The first kappa shape index (κ1) is 13.6. The summed E-state index contributed by atoms with van der Waals surface area (Å²) in [6.45, 7) is 0. The standard InChI is InChI=1S/C22H13ClO/c23-17-10-8-14(9-11-17)18-6-3-7-19-20-12-15-4-1-2-5-16(15)13-21(20)24-22(18)19/h1-13H. The summed E-state index contributed by atoms with van der Waals surface area (Å²) in [4.78, 5) is 0. The Kier molecular flexibility index (Phi) is 2.91. The highest BCUT2D eigenvalue weighted by Crippen LogP contribution is 2.37. The van der Waals surface area contributed by atoms with Crippen molar-refractivity contribution < 1.29 is 4.42 Å². The van der Waals surface area contributed by atoms with E-state index >= 15 is 0 Å². The van der Waals surface area contributed by atoms with Gasteiger partial charge in [-0.25, -0.2) is 0 Å². The Bertz CT molecular complexity index is 1200. The Morgan fingerprint density at radius 2 is 1.42 bits per heavy atom. The van der Waals surface area contributed by atoms with Crippen molar-refractivity contribution in [1.29, 1.82) is 0 Å². The van der Waals surface area contributed by atoms with E-state index in [1.807, 2.05) is 24.3 Å². The number of hydrogen-bond acceptors (Lipinski definition) is 1. The molecule has 0 spiro atoms. The van der Waals surface area contributed by atoms with Crippen LogP contribution < -0.4 is 0 Å². The molecule has 0 aliphatic carbocycles. The molecule has 0 unspecified atom stereocenters. The highest BCUT2D eigenvalue weighted by Gasteiger charge is 2.12. The zero-order valence-electron chi connectivity index (χ0n) is 12.8. The Hall–Kier alpha value is -2.77. The second kappa shape index (κ2) is 5.12. The van der Waals surface area contributed by atoms with Crippen molar-refractivity contribution in [3.8, 4) is 11.1 Å². The van der Waals surface area contributed by atoms with Crippen LogP contribution in [0, 0.1) is 0 Å². The molecule has 4 aromatic carbocycles. The van der Waals surface area contributed by atoms with Gasteiger partial charge in [-0.1, -0.05) is 66.2 Å². The molecular weight excluding hydrogens is 316 g/mol. The first-order valence-corrected chi connectivity index (χ1v) is 8.27. The van der Waals surface area contributed by atoms with E-state index in [1.165, 1.54) is 10.8 Å². The number of fused-ring (bicyclic) bond motifs is 4. The van der Waals surface area contributed by atoms with Gasteiger partial charge in [-0.05, 0) is 40.6 Å². The minimum atomic E-state index is 0.738. The third-order valence-corrected chi connectivity index (χ3v) is 4.77. The van der Waals surface area contributed by atoms with Crippen LogP contribution in [0.15, 0.2) is 83.3 Å². The normalized spacial score (nSPS) is 11.5. The number of furan rings is 1. The minimum Gasteiger partial charge on any atom is -0.455 e. The fraction of sp³-hybridized carbons (Fsp3) is 0. The van der Waals surface area contributed by atoms with Gasteiger partial charge in [-0.15, -0.1) is 0 Å². The summed E-state index contributed by atoms with van der Waals surface area (Å²) in [5.74, 6) is 0. The smallest absolute Gasteiger partial charge is 0.143 e. The van der Waals surface area contributed by atoms with E-state index in [1.54, 1.807) is 0 Å². The van der Waals surface area contributed by atoms with Gasteiger partial charge in [0.1, 0.15) is 11.2 Å². The van der Waals surface area contributed by atoms with E-state index in [-0.39, 0.29) is 0 Å². The number of hydrogen-bond donors (Lipinski definition) is 0. The van der Waals surface area contributed by atoms with E-state index in [0.29, 0.717) is 0 Å². The highest BCUT2D eigenvalue weighted by molar-refractivity contribution is 6.30. The molecule has 0 amide bonds. The molecule has 0 bridgehead atoms. The summed E-state index contributed by atoms with van der Waals surface area (Å²) in [6.07, 6.45) is 0. The van der Waals surface area contributed by atoms with E-state index in [2.05, 4.69) is 54.6 Å². The summed E-state index contributed by atoms with van der Waals surface area (Å²) in [7, 11) is 0. The zero-order chi connectivity index (χ0) is 16.1. The van der Waals surface area contributed by atoms with E-state index < -0.39 is 0 Å². The number of halogens is 1. The summed E-state index contributed by atoms with van der Waals surface area (Å²) < 4.78 is 6.24. The van der Waals surface area contributed by atoms with Crippen LogP contribution in [0.25, 0.3) is 43.8 Å². The van der Waals surface area contributed by atoms with E-state index in [9.17, 15) is 0 Å². The van der Waals surface area contributed by atoms with Gasteiger partial charge < -0.3 is 4.42 Å². The third kappa shape index (κ3) is 2.02. The first-order valence-electron chi connectivity index (χ1n) is 7.89. The Morgan fingerprint density at radius 1 is 0.667 bits per heavy atom. The fourth-order valence-corrected chi connectivity index (χ4v) is 3.47. The van der Waals surface area contributed by atoms with E-state index in [4.69, 9.17) is 16.0 Å². The molecule has 0 radical (unpaired) electrons. The molecule has 1 heterocycles. The lowest BCUT2D eigenvalue weighted by molar-refractivity contribution is 0.670. The van der Waals surface area contributed by atoms with Crippen molar-refractivity contribution in [2.45, 2.75) is 0 Å². The summed E-state index contributed by atoms with van der Waals surface area (Å²) in [6, 6.07) is 26.9. The van der Waals surface area contributed by atoms with Crippen LogP contribution in [0.1, 0.15) is 0 Å². The van der Waals surface area contributed by atoms with Gasteiger partial charge >= 0.3 is 0 Å². The molecule has 24 heavy (non-hydrogen) atoms. The van der Waals surface area contributed by atoms with Crippen molar-refractivity contribution in [2.75, 3.05) is 0 Å². The minimum absolute atomic E-state index is 0.738. The molecule has 0 atom stereocenters. The maximum Gasteiger partial charge on any atom is 0.143 e. The lowest BCUT2D eigenvalue weighted by atomic mass is 10.0. The molecule has 5 aromatic rings. The van der Waals surface area contributed by atoms with Gasteiger partial charge in [0.2, 0.25) is 0 Å². The van der Waals surface area contributed by atoms with Gasteiger partial charge in [0.15, 0.2) is 0 Å². The molecule has 0 aliphatic heterocycles. The monoisotopic (exact) mass is 328 g/mol. The molecule has 0 saturated carbocycles. The maximum atomic E-state index is 6.24. The molecule has 0 N–H and O–H groups in total. The molecule has 0 aliphatic rings. The average molecular weight is 329 g/mol. The van der Waals surface area contributed by atoms with Gasteiger partial charge in [0.25, 0.3) is 0 Å². The molecular formula is C22H13ClO. The van der Waals surface area contributed by atoms with Crippen molar-refractivity contribution in [2.24, 2.45) is 0 Å². The second-order valence-corrected chi connectivity index (χ2v) is 6.42. The van der Waals surface area contributed by atoms with Crippen LogP contribution in [0.2, 0.25) is 5.02 Å². The van der Waals surface area contributed by atoms with Crippen molar-refractivity contribution in [3.05, 3.63) is 83.9 Å². The molecule has 0 saturated heterocycles. The second-order valence-electron chi connectivity index (χ2n) is 5.99. The summed E-state index contributed by atoms with van der Waals surface area (Å²) in [5.41, 5.74) is 4.04. The predicted molar refractivity (Wildman–Crippen MR) is 102 cm³/mol. The molecule has 5 rings (SSSR count). The van der Waals surface area contributed by atoms with Crippen LogP contribution in [0.5, 0.6) is 0 Å². The van der Waals surface area contributed by atoms with E-state index in [0.717, 1.165) is 38.1 Å². The largest absolute Gasteiger partial charge is 0.455 e. The highest BCUT2D eigenvalue weighted by atomic mass is 35.5. The van der Waals surface area contributed by atoms with Crippen LogP contribution >= 0.6 is 11.6 Å². The van der Waals surface area contributed by atoms with Crippen molar-refractivity contribution >= 4 is 44.3 Å². The van der Waals surface area contributed by atoms with Crippen molar-refractivity contribution in [1.82, 2.24) is 0 Å². The number of benzene rings is 4. The fourth-order valence-electron chi connectivity index (χ4n) is 3.34. The molecule has 1 nitrogen and oxygen atoms in total. The van der Waals surface area contributed by atoms with Crippen molar-refractivity contribution in [3.63, 3.8) is 0 Å². The Labute approximate surface area is 144 Å². The van der Waals surface area contributed by atoms with Crippen LogP contribution in [0.4, 0.5) is 0 Å². The lowest BCUT2D eigenvalue weighted by Gasteiger charge is -2.02. The average Bonchev–Trinajstić information content (AvgIpc) is 2.98. The topological polar surface area (TPSA) is 13.1 Å². The quantitative estimate of drug-likeness (QED) is 0.321. The molecule has 1 aromatic heterocycles. The summed E-state index contributed by atoms with van der Waals surface area (Å²) >= 11 is 6.02. The SMILES string of the molecule is Clc1ccc(-c2cccc3c2oc2cc4ccccc4cc23)cc1. The first-order chi connectivity index (χ1) is 11.8. The predicted octanol–water partition coefficient (Wildman–Crippen LogP) is 7.06. The number of para-hydroxylation sites is 1. The van der Waals surface area contributed by atoms with Crippen LogP contribution in [-0.4, -0.2) is 0 Å². The lowest BCUT2D eigenvalue weighted by Crippen LogP contribution is -1.78. The van der Waals surface area contributed by atoms with Gasteiger partial charge in [0, 0.05) is 21.4 Å². The Morgan fingerprint density at radius 3 is 2.21 bits per heavy atom. The Balaban J connectivity index is 1.86. The third-order valence-electron chi connectivity index (χ3n) is 4.52. The zero-order valence-corrected chi connectivity index (χ0v) is 13.5. The summed E-state index contributed by atoms with van der Waals surface area (Å²) in [5, 5.41) is 5.45. The van der Waals surface area contributed by atoms with Crippen LogP contribution in [0.3, 0.4) is 0 Å². The molecule has 2 heteroatoms. The van der Waals surface area contributed by atoms with Gasteiger partial charge in [0.05, 0.1) is 0 Å². The van der Waals surface area contributed by atoms with Crippen LogP contribution in [-0.2, 0) is 0 Å². The molecule has 0 fully saturated rings. The molecule has 114 valence electrons. The maximum absolute atomic E-state index is 6.24. The van der Waals surface area contributed by atoms with Gasteiger partial charge in [-0.2, -0.15) is 0 Å². The van der Waals surface area contributed by atoms with Gasteiger partial charge in [-0.3, -0.25) is 0 Å².